The van der Waals surface area contributed by atoms with Gasteiger partial charge in [0.05, 0.1) is 0 Å². The first-order valence-corrected chi connectivity index (χ1v) is 6.85. The highest BCUT2D eigenvalue weighted by atomic mass is 79.9. The summed E-state index contributed by atoms with van der Waals surface area (Å²) in [5.41, 5.74) is 3.93. The van der Waals surface area contributed by atoms with Crippen molar-refractivity contribution in [3.63, 3.8) is 0 Å². The van der Waals surface area contributed by atoms with Gasteiger partial charge in [0.25, 0.3) is 0 Å². The standard InChI is InChI=1S/C15H13BrN2O/c1-17-12-6-7-14-13(9-12)18-15(19-14)8-10-2-4-11(16)5-3-10/h2-7,9,17H,8H2,1H3. The van der Waals surface area contributed by atoms with E-state index in [2.05, 4.69) is 38.4 Å². The van der Waals surface area contributed by atoms with Gasteiger partial charge < -0.3 is 9.73 Å². The molecule has 0 atom stereocenters. The topological polar surface area (TPSA) is 38.1 Å². The third-order valence-electron chi connectivity index (χ3n) is 2.99. The maximum atomic E-state index is 5.75. The molecule has 0 saturated heterocycles. The molecule has 0 bridgehead atoms. The van der Waals surface area contributed by atoms with E-state index in [-0.39, 0.29) is 0 Å². The fourth-order valence-electron chi connectivity index (χ4n) is 1.98. The van der Waals surface area contributed by atoms with Crippen molar-refractivity contribution in [1.82, 2.24) is 4.98 Å². The molecular weight excluding hydrogens is 304 g/mol. The minimum atomic E-state index is 0.705. The fourth-order valence-corrected chi connectivity index (χ4v) is 2.25. The molecular formula is C15H13BrN2O. The summed E-state index contributed by atoms with van der Waals surface area (Å²) >= 11 is 3.43. The van der Waals surface area contributed by atoms with Crippen LogP contribution in [0, 0.1) is 0 Å². The van der Waals surface area contributed by atoms with E-state index in [1.54, 1.807) is 0 Å². The quantitative estimate of drug-likeness (QED) is 0.786. The lowest BCUT2D eigenvalue weighted by molar-refractivity contribution is 0.544. The summed E-state index contributed by atoms with van der Waals surface area (Å²) in [6.45, 7) is 0. The first-order chi connectivity index (χ1) is 9.24. The Kier molecular flexibility index (Phi) is 3.25. The molecule has 96 valence electrons. The molecule has 2 aromatic carbocycles. The van der Waals surface area contributed by atoms with Crippen LogP contribution in [0.2, 0.25) is 0 Å². The number of aromatic nitrogens is 1. The fraction of sp³-hybridized carbons (Fsp3) is 0.133. The van der Waals surface area contributed by atoms with Crippen LogP contribution in [-0.2, 0) is 6.42 Å². The summed E-state index contributed by atoms with van der Waals surface area (Å²) in [5.74, 6) is 0.741. The molecule has 1 heterocycles. The van der Waals surface area contributed by atoms with Gasteiger partial charge in [-0.3, -0.25) is 0 Å². The van der Waals surface area contributed by atoms with E-state index in [1.165, 1.54) is 5.56 Å². The monoisotopic (exact) mass is 316 g/mol. The van der Waals surface area contributed by atoms with Crippen molar-refractivity contribution in [2.45, 2.75) is 6.42 Å². The Bertz CT molecular complexity index is 704. The number of fused-ring (bicyclic) bond motifs is 1. The summed E-state index contributed by atoms with van der Waals surface area (Å²) in [5, 5.41) is 3.10. The summed E-state index contributed by atoms with van der Waals surface area (Å²) in [4.78, 5) is 4.52. The van der Waals surface area contributed by atoms with E-state index < -0.39 is 0 Å². The van der Waals surface area contributed by atoms with Crippen LogP contribution in [0.3, 0.4) is 0 Å². The van der Waals surface area contributed by atoms with E-state index in [4.69, 9.17) is 4.42 Å². The van der Waals surface area contributed by atoms with E-state index in [1.807, 2.05) is 37.4 Å². The molecule has 3 nitrogen and oxygen atoms in total. The van der Waals surface area contributed by atoms with E-state index in [0.717, 1.165) is 27.2 Å². The Balaban J connectivity index is 1.90. The van der Waals surface area contributed by atoms with Crippen LogP contribution in [0.4, 0.5) is 5.69 Å². The van der Waals surface area contributed by atoms with Gasteiger partial charge in [-0.1, -0.05) is 28.1 Å². The smallest absolute Gasteiger partial charge is 0.199 e. The molecule has 3 rings (SSSR count). The largest absolute Gasteiger partial charge is 0.440 e. The molecule has 0 saturated carbocycles. The molecule has 0 aliphatic rings. The van der Waals surface area contributed by atoms with Gasteiger partial charge in [-0.25, -0.2) is 4.98 Å². The first kappa shape index (κ1) is 12.2. The first-order valence-electron chi connectivity index (χ1n) is 6.06. The predicted octanol–water partition coefficient (Wildman–Crippen LogP) is 4.22. The maximum absolute atomic E-state index is 5.75. The number of benzene rings is 2. The normalized spacial score (nSPS) is 10.8. The Morgan fingerprint density at radius 2 is 1.95 bits per heavy atom. The summed E-state index contributed by atoms with van der Waals surface area (Å²) in [6.07, 6.45) is 0.705. The van der Waals surface area contributed by atoms with Crippen LogP contribution in [0.5, 0.6) is 0 Å². The van der Waals surface area contributed by atoms with Crippen molar-refractivity contribution in [2.24, 2.45) is 0 Å². The number of oxazole rings is 1. The minimum Gasteiger partial charge on any atom is -0.440 e. The zero-order valence-corrected chi connectivity index (χ0v) is 12.1. The SMILES string of the molecule is CNc1ccc2oc(Cc3ccc(Br)cc3)nc2c1. The third-order valence-corrected chi connectivity index (χ3v) is 3.52. The second-order valence-electron chi connectivity index (χ2n) is 4.34. The number of rotatable bonds is 3. The molecule has 0 amide bonds. The van der Waals surface area contributed by atoms with Crippen molar-refractivity contribution >= 4 is 32.7 Å². The van der Waals surface area contributed by atoms with Gasteiger partial charge in [0, 0.05) is 23.6 Å². The highest BCUT2D eigenvalue weighted by molar-refractivity contribution is 9.10. The molecule has 4 heteroatoms. The molecule has 19 heavy (non-hydrogen) atoms. The van der Waals surface area contributed by atoms with Gasteiger partial charge >= 0.3 is 0 Å². The number of hydrogen-bond donors (Lipinski definition) is 1. The van der Waals surface area contributed by atoms with Gasteiger partial charge in [0.2, 0.25) is 0 Å². The van der Waals surface area contributed by atoms with E-state index in [9.17, 15) is 0 Å². The summed E-state index contributed by atoms with van der Waals surface area (Å²) < 4.78 is 6.83. The molecule has 0 spiro atoms. The number of halogens is 1. The van der Waals surface area contributed by atoms with Crippen LogP contribution < -0.4 is 5.32 Å². The highest BCUT2D eigenvalue weighted by Crippen LogP contribution is 2.21. The van der Waals surface area contributed by atoms with Gasteiger partial charge in [-0.2, -0.15) is 0 Å². The van der Waals surface area contributed by atoms with Crippen molar-refractivity contribution < 1.29 is 4.42 Å². The Morgan fingerprint density at radius 3 is 2.68 bits per heavy atom. The average Bonchev–Trinajstić information content (AvgIpc) is 2.82. The molecule has 0 radical (unpaired) electrons. The van der Waals surface area contributed by atoms with Crippen LogP contribution in [0.1, 0.15) is 11.5 Å². The van der Waals surface area contributed by atoms with Gasteiger partial charge in [-0.05, 0) is 35.9 Å². The highest BCUT2D eigenvalue weighted by Gasteiger charge is 2.07. The molecule has 0 unspecified atom stereocenters. The molecule has 1 N–H and O–H groups in total. The number of anilines is 1. The summed E-state index contributed by atoms with van der Waals surface area (Å²) in [6, 6.07) is 14.1. The molecule has 1 aromatic heterocycles. The predicted molar refractivity (Wildman–Crippen MR) is 80.5 cm³/mol. The lowest BCUT2D eigenvalue weighted by Crippen LogP contribution is -1.87. The van der Waals surface area contributed by atoms with Gasteiger partial charge in [-0.15, -0.1) is 0 Å². The molecule has 0 fully saturated rings. The lowest BCUT2D eigenvalue weighted by atomic mass is 10.1. The average molecular weight is 317 g/mol. The van der Waals surface area contributed by atoms with Crippen LogP contribution in [0.15, 0.2) is 51.4 Å². The Labute approximate surface area is 119 Å². The zero-order chi connectivity index (χ0) is 13.2. The Morgan fingerprint density at radius 1 is 1.16 bits per heavy atom. The van der Waals surface area contributed by atoms with Crippen molar-refractivity contribution in [1.29, 1.82) is 0 Å². The van der Waals surface area contributed by atoms with Crippen LogP contribution in [-0.4, -0.2) is 12.0 Å². The molecule has 0 aliphatic carbocycles. The second kappa shape index (κ2) is 5.05. The van der Waals surface area contributed by atoms with Crippen molar-refractivity contribution in [3.05, 3.63) is 58.4 Å². The van der Waals surface area contributed by atoms with Gasteiger partial charge in [0.15, 0.2) is 11.5 Å². The number of nitrogens with one attached hydrogen (secondary N) is 1. The van der Waals surface area contributed by atoms with Crippen LogP contribution in [0.25, 0.3) is 11.1 Å². The minimum absolute atomic E-state index is 0.705. The van der Waals surface area contributed by atoms with Crippen LogP contribution >= 0.6 is 15.9 Å². The number of nitrogens with zero attached hydrogens (tertiary/aromatic N) is 1. The Hall–Kier alpha value is -1.81. The maximum Gasteiger partial charge on any atom is 0.199 e. The second-order valence-corrected chi connectivity index (χ2v) is 5.26. The lowest BCUT2D eigenvalue weighted by Gasteiger charge is -1.96. The molecule has 0 aliphatic heterocycles. The van der Waals surface area contributed by atoms with Crippen molar-refractivity contribution in [3.8, 4) is 0 Å². The summed E-state index contributed by atoms with van der Waals surface area (Å²) in [7, 11) is 1.89. The number of hydrogen-bond acceptors (Lipinski definition) is 3. The molecule has 3 aromatic rings. The van der Waals surface area contributed by atoms with Gasteiger partial charge in [0.1, 0.15) is 5.52 Å². The van der Waals surface area contributed by atoms with E-state index in [0.29, 0.717) is 6.42 Å². The van der Waals surface area contributed by atoms with Crippen molar-refractivity contribution in [2.75, 3.05) is 12.4 Å². The van der Waals surface area contributed by atoms with E-state index >= 15 is 0 Å². The third kappa shape index (κ3) is 2.63. The zero-order valence-electron chi connectivity index (χ0n) is 10.5.